The maximum atomic E-state index is 10.6. The Kier molecular flexibility index (Phi) is 4.24. The number of benzene rings is 1. The molecule has 3 nitrogen and oxygen atoms in total. The second-order valence-electron chi connectivity index (χ2n) is 2.98. The minimum atomic E-state index is -0.895. The van der Waals surface area contributed by atoms with Gasteiger partial charge in [0.2, 0.25) is 0 Å². The van der Waals surface area contributed by atoms with Crippen LogP contribution in [0.3, 0.4) is 0 Å². The van der Waals surface area contributed by atoms with Gasteiger partial charge in [0.1, 0.15) is 6.54 Å². The molecule has 0 saturated heterocycles. The van der Waals surface area contributed by atoms with E-state index in [9.17, 15) is 4.79 Å². The highest BCUT2D eigenvalue weighted by Gasteiger charge is 2.13. The van der Waals surface area contributed by atoms with Gasteiger partial charge in [-0.2, -0.15) is 0 Å². The summed E-state index contributed by atoms with van der Waals surface area (Å²) in [5, 5.41) is 9.54. The lowest BCUT2D eigenvalue weighted by molar-refractivity contribution is -0.135. The number of hydrogen-bond acceptors (Lipinski definition) is 2. The molecule has 5 heteroatoms. The van der Waals surface area contributed by atoms with Crippen molar-refractivity contribution < 1.29 is 9.90 Å². The van der Waals surface area contributed by atoms with Gasteiger partial charge >= 0.3 is 5.97 Å². The largest absolute Gasteiger partial charge is 0.480 e. The number of hydrogen-bond donors (Lipinski definition) is 1. The fraction of sp³-hybridized carbons (Fsp3) is 0.300. The molecular weight excluding hydrogens is 237 g/mol. The minimum Gasteiger partial charge on any atom is -0.480 e. The van der Waals surface area contributed by atoms with Crippen molar-refractivity contribution in [3.8, 4) is 0 Å². The van der Waals surface area contributed by atoms with E-state index in [4.69, 9.17) is 28.3 Å². The molecule has 0 bridgehead atoms. The summed E-state index contributed by atoms with van der Waals surface area (Å²) in [5.41, 5.74) is 0.647. The van der Waals surface area contributed by atoms with Gasteiger partial charge in [0.05, 0.1) is 15.7 Å². The average molecular weight is 248 g/mol. The van der Waals surface area contributed by atoms with Crippen molar-refractivity contribution in [2.75, 3.05) is 18.0 Å². The van der Waals surface area contributed by atoms with Crippen molar-refractivity contribution in [2.45, 2.75) is 6.92 Å². The Morgan fingerprint density at radius 3 is 2.67 bits per heavy atom. The van der Waals surface area contributed by atoms with E-state index in [0.29, 0.717) is 22.3 Å². The van der Waals surface area contributed by atoms with Crippen LogP contribution >= 0.6 is 23.2 Å². The molecule has 1 aromatic rings. The molecule has 0 fully saturated rings. The fourth-order valence-corrected chi connectivity index (χ4v) is 1.68. The van der Waals surface area contributed by atoms with E-state index in [-0.39, 0.29) is 6.54 Å². The van der Waals surface area contributed by atoms with Crippen LogP contribution in [0, 0.1) is 0 Å². The van der Waals surface area contributed by atoms with Crippen LogP contribution in [-0.2, 0) is 4.79 Å². The van der Waals surface area contributed by atoms with Crippen LogP contribution in [0.1, 0.15) is 6.92 Å². The fourth-order valence-electron chi connectivity index (χ4n) is 1.27. The number of carboxylic acid groups (broad SMARTS) is 1. The molecule has 0 unspecified atom stereocenters. The van der Waals surface area contributed by atoms with Gasteiger partial charge in [-0.15, -0.1) is 0 Å². The highest BCUT2D eigenvalue weighted by atomic mass is 35.5. The molecule has 82 valence electrons. The Balaban J connectivity index is 3.01. The molecule has 0 aliphatic heterocycles. The quantitative estimate of drug-likeness (QED) is 0.890. The summed E-state index contributed by atoms with van der Waals surface area (Å²) in [7, 11) is 0. The van der Waals surface area contributed by atoms with Crippen LogP contribution in [-0.4, -0.2) is 24.2 Å². The maximum absolute atomic E-state index is 10.6. The van der Waals surface area contributed by atoms with Crippen LogP contribution in [0.2, 0.25) is 10.0 Å². The standard InChI is InChI=1S/C10H11Cl2NO2/c1-2-13(6-9(14)15)8-5-3-4-7(11)10(8)12/h3-5H,2,6H2,1H3,(H,14,15). The van der Waals surface area contributed by atoms with Gasteiger partial charge in [-0.25, -0.2) is 0 Å². The van der Waals surface area contributed by atoms with Crippen molar-refractivity contribution in [3.05, 3.63) is 28.2 Å². The lowest BCUT2D eigenvalue weighted by Crippen LogP contribution is -2.29. The Labute approximate surface area is 98.2 Å². The van der Waals surface area contributed by atoms with Gasteiger partial charge in [0, 0.05) is 6.54 Å². The first-order chi connectivity index (χ1) is 7.06. The first-order valence-corrected chi connectivity index (χ1v) is 5.22. The number of nitrogens with zero attached hydrogens (tertiary/aromatic N) is 1. The molecule has 1 rings (SSSR count). The predicted octanol–water partition coefficient (Wildman–Crippen LogP) is 2.90. The summed E-state index contributed by atoms with van der Waals surface area (Å²) in [4.78, 5) is 12.3. The van der Waals surface area contributed by atoms with Gasteiger partial charge < -0.3 is 10.0 Å². The van der Waals surface area contributed by atoms with E-state index >= 15 is 0 Å². The molecule has 0 aromatic heterocycles. The van der Waals surface area contributed by atoms with Crippen molar-refractivity contribution >= 4 is 34.9 Å². The number of likely N-dealkylation sites (N-methyl/N-ethyl adjacent to an activating group) is 1. The highest BCUT2D eigenvalue weighted by molar-refractivity contribution is 6.43. The first kappa shape index (κ1) is 12.1. The SMILES string of the molecule is CCN(CC(=O)O)c1cccc(Cl)c1Cl. The molecule has 15 heavy (non-hydrogen) atoms. The van der Waals surface area contributed by atoms with Crippen molar-refractivity contribution in [2.24, 2.45) is 0 Å². The molecule has 0 radical (unpaired) electrons. The maximum Gasteiger partial charge on any atom is 0.323 e. The molecule has 0 amide bonds. The summed E-state index contributed by atoms with van der Waals surface area (Å²) >= 11 is 11.8. The smallest absolute Gasteiger partial charge is 0.323 e. The number of carbonyl (C=O) groups is 1. The van der Waals surface area contributed by atoms with Gasteiger partial charge in [-0.1, -0.05) is 29.3 Å². The van der Waals surface area contributed by atoms with Gasteiger partial charge in [-0.05, 0) is 19.1 Å². The molecule has 0 aliphatic rings. The van der Waals surface area contributed by atoms with Crippen molar-refractivity contribution in [1.82, 2.24) is 0 Å². The van der Waals surface area contributed by atoms with Gasteiger partial charge in [0.15, 0.2) is 0 Å². The molecule has 0 atom stereocenters. The number of carboxylic acids is 1. The monoisotopic (exact) mass is 247 g/mol. The van der Waals surface area contributed by atoms with E-state index in [1.165, 1.54) is 0 Å². The van der Waals surface area contributed by atoms with E-state index in [2.05, 4.69) is 0 Å². The Hall–Kier alpha value is -0.930. The summed E-state index contributed by atoms with van der Waals surface area (Å²) in [6.07, 6.45) is 0. The van der Waals surface area contributed by atoms with Crippen molar-refractivity contribution in [3.63, 3.8) is 0 Å². The second kappa shape index (κ2) is 5.24. The molecule has 0 aliphatic carbocycles. The van der Waals surface area contributed by atoms with E-state index in [0.717, 1.165) is 0 Å². The molecular formula is C10H11Cl2NO2. The summed E-state index contributed by atoms with van der Waals surface area (Å²) in [5.74, 6) is -0.895. The van der Waals surface area contributed by atoms with Crippen LogP contribution in [0.5, 0.6) is 0 Å². The Bertz CT molecular complexity index is 368. The first-order valence-electron chi connectivity index (χ1n) is 4.47. The lowest BCUT2D eigenvalue weighted by Gasteiger charge is -2.22. The topological polar surface area (TPSA) is 40.5 Å². The van der Waals surface area contributed by atoms with E-state index in [1.807, 2.05) is 6.92 Å². The van der Waals surface area contributed by atoms with E-state index in [1.54, 1.807) is 23.1 Å². The zero-order chi connectivity index (χ0) is 11.4. The van der Waals surface area contributed by atoms with Gasteiger partial charge in [-0.3, -0.25) is 4.79 Å². The summed E-state index contributed by atoms with van der Waals surface area (Å²) in [6, 6.07) is 5.16. The zero-order valence-corrected chi connectivity index (χ0v) is 9.72. The third-order valence-electron chi connectivity index (χ3n) is 1.98. The highest BCUT2D eigenvalue weighted by Crippen LogP contribution is 2.32. The predicted molar refractivity (Wildman–Crippen MR) is 62.0 cm³/mol. The number of halogens is 2. The summed E-state index contributed by atoms with van der Waals surface area (Å²) in [6.45, 7) is 2.34. The van der Waals surface area contributed by atoms with Crippen LogP contribution in [0.25, 0.3) is 0 Å². The van der Waals surface area contributed by atoms with Crippen LogP contribution < -0.4 is 4.90 Å². The summed E-state index contributed by atoms with van der Waals surface area (Å²) < 4.78 is 0. The molecule has 0 heterocycles. The van der Waals surface area contributed by atoms with Gasteiger partial charge in [0.25, 0.3) is 0 Å². The van der Waals surface area contributed by atoms with Crippen molar-refractivity contribution in [1.29, 1.82) is 0 Å². The third-order valence-corrected chi connectivity index (χ3v) is 2.79. The Morgan fingerprint density at radius 2 is 2.13 bits per heavy atom. The molecule has 1 N–H and O–H groups in total. The number of aliphatic carboxylic acids is 1. The lowest BCUT2D eigenvalue weighted by atomic mass is 10.3. The molecule has 1 aromatic carbocycles. The minimum absolute atomic E-state index is 0.0867. The Morgan fingerprint density at radius 1 is 1.47 bits per heavy atom. The molecule has 0 spiro atoms. The van der Waals surface area contributed by atoms with Crippen LogP contribution in [0.15, 0.2) is 18.2 Å². The third kappa shape index (κ3) is 3.01. The van der Waals surface area contributed by atoms with Crippen LogP contribution in [0.4, 0.5) is 5.69 Å². The van der Waals surface area contributed by atoms with E-state index < -0.39 is 5.97 Å². The normalized spacial score (nSPS) is 10.1. The average Bonchev–Trinajstić information content (AvgIpc) is 2.19. The second-order valence-corrected chi connectivity index (χ2v) is 3.77. The molecule has 0 saturated carbocycles. The number of anilines is 1. The number of rotatable bonds is 4. The zero-order valence-electron chi connectivity index (χ0n) is 8.20.